The second-order valence-corrected chi connectivity index (χ2v) is 7.41. The highest BCUT2D eigenvalue weighted by molar-refractivity contribution is 9.12. The number of fused-ring (bicyclic) bond motifs is 1. The van der Waals surface area contributed by atoms with Crippen LogP contribution in [0, 0.1) is 13.8 Å². The Labute approximate surface area is 141 Å². The number of aromatic hydroxyl groups is 1. The molecule has 1 unspecified atom stereocenters. The Morgan fingerprint density at radius 1 is 1.35 bits per heavy atom. The maximum absolute atomic E-state index is 11.7. The molecule has 1 N–H and O–H groups in total. The maximum Gasteiger partial charge on any atom is 0.350 e. The molecular weight excluding hydrogens is 456 g/mol. The van der Waals surface area contributed by atoms with Crippen molar-refractivity contribution in [2.24, 2.45) is 0 Å². The molecule has 0 aliphatic carbocycles. The van der Waals surface area contributed by atoms with Gasteiger partial charge in [0.15, 0.2) is 0 Å². The predicted molar refractivity (Wildman–Crippen MR) is 91.5 cm³/mol. The van der Waals surface area contributed by atoms with Gasteiger partial charge in [-0.25, -0.2) is 4.79 Å². The number of hydrogen-bond donors (Lipinski definition) is 1. The lowest BCUT2D eigenvalue weighted by Crippen LogP contribution is -2.07. The molecule has 0 aliphatic rings. The summed E-state index contributed by atoms with van der Waals surface area (Å²) in [6.45, 7) is 3.62. The largest absolute Gasteiger partial charge is 0.507 e. The molecule has 1 aromatic heterocycles. The van der Waals surface area contributed by atoms with Crippen molar-refractivity contribution in [3.05, 3.63) is 37.6 Å². The number of halogens is 3. The summed E-state index contributed by atoms with van der Waals surface area (Å²) in [5.74, 6) is 0.188. The fraction of sp³-hybridized carbons (Fsp3) is 0.357. The highest BCUT2D eigenvalue weighted by Gasteiger charge is 2.17. The summed E-state index contributed by atoms with van der Waals surface area (Å²) in [6.07, 6.45) is 0.685. The standard InChI is InChI=1S/C14H13Br3O3/c1-6-10-4-8(3-9(16)5-15)12(18)7(2)13(10)20-14(19)11(6)17/h4,9,18H,3,5H2,1-2H3. The minimum atomic E-state index is -0.427. The monoisotopic (exact) mass is 466 g/mol. The summed E-state index contributed by atoms with van der Waals surface area (Å²) < 4.78 is 5.72. The smallest absolute Gasteiger partial charge is 0.350 e. The molecular formula is C14H13Br3O3. The van der Waals surface area contributed by atoms with Crippen molar-refractivity contribution in [2.45, 2.75) is 25.1 Å². The first kappa shape index (κ1) is 16.0. The molecule has 6 heteroatoms. The lowest BCUT2D eigenvalue weighted by Gasteiger charge is -2.13. The van der Waals surface area contributed by atoms with Gasteiger partial charge in [-0.3, -0.25) is 0 Å². The molecule has 1 aromatic carbocycles. The van der Waals surface area contributed by atoms with E-state index in [1.807, 2.05) is 13.0 Å². The fourth-order valence-corrected chi connectivity index (χ4v) is 3.00. The van der Waals surface area contributed by atoms with Crippen LogP contribution in [0.3, 0.4) is 0 Å². The van der Waals surface area contributed by atoms with Crippen LogP contribution in [0.5, 0.6) is 5.75 Å². The van der Waals surface area contributed by atoms with E-state index in [0.717, 1.165) is 21.8 Å². The molecule has 0 saturated heterocycles. The van der Waals surface area contributed by atoms with Gasteiger partial charge in [-0.2, -0.15) is 0 Å². The molecule has 0 aliphatic heterocycles. The van der Waals surface area contributed by atoms with Gasteiger partial charge in [0.25, 0.3) is 0 Å². The molecule has 0 radical (unpaired) electrons. The Bertz CT molecular complexity index is 722. The third kappa shape index (κ3) is 2.83. The van der Waals surface area contributed by atoms with Crippen molar-refractivity contribution >= 4 is 58.8 Å². The van der Waals surface area contributed by atoms with Crippen LogP contribution >= 0.6 is 47.8 Å². The molecule has 0 saturated carbocycles. The topological polar surface area (TPSA) is 50.4 Å². The molecule has 1 atom stereocenters. The van der Waals surface area contributed by atoms with Crippen LogP contribution in [0.4, 0.5) is 0 Å². The summed E-state index contributed by atoms with van der Waals surface area (Å²) >= 11 is 10.2. The van der Waals surface area contributed by atoms with E-state index >= 15 is 0 Å². The molecule has 0 bridgehead atoms. The highest BCUT2D eigenvalue weighted by Crippen LogP contribution is 2.34. The van der Waals surface area contributed by atoms with Crippen molar-refractivity contribution in [1.82, 2.24) is 0 Å². The Morgan fingerprint density at radius 3 is 2.60 bits per heavy atom. The van der Waals surface area contributed by atoms with Gasteiger partial charge in [-0.1, -0.05) is 31.9 Å². The predicted octanol–water partition coefficient (Wildman–Crippen LogP) is 4.58. The Morgan fingerprint density at radius 2 is 2.00 bits per heavy atom. The van der Waals surface area contributed by atoms with Crippen molar-refractivity contribution < 1.29 is 9.52 Å². The second kappa shape index (κ2) is 6.20. The van der Waals surface area contributed by atoms with E-state index < -0.39 is 5.63 Å². The van der Waals surface area contributed by atoms with Gasteiger partial charge >= 0.3 is 5.63 Å². The first-order valence-electron chi connectivity index (χ1n) is 6.01. The molecule has 20 heavy (non-hydrogen) atoms. The van der Waals surface area contributed by atoms with E-state index in [1.165, 1.54) is 0 Å². The zero-order valence-corrected chi connectivity index (χ0v) is 15.7. The molecule has 3 nitrogen and oxygen atoms in total. The first-order valence-corrected chi connectivity index (χ1v) is 8.84. The molecule has 2 aromatic rings. The number of phenolic OH excluding ortho intramolecular Hbond substituents is 1. The van der Waals surface area contributed by atoms with E-state index in [4.69, 9.17) is 4.42 Å². The van der Waals surface area contributed by atoms with Crippen molar-refractivity contribution in [1.29, 1.82) is 0 Å². The summed E-state index contributed by atoms with van der Waals surface area (Å²) in [6, 6.07) is 1.89. The van der Waals surface area contributed by atoms with Crippen LogP contribution in [-0.4, -0.2) is 15.3 Å². The Kier molecular flexibility index (Phi) is 4.97. The van der Waals surface area contributed by atoms with Crippen LogP contribution < -0.4 is 5.63 Å². The van der Waals surface area contributed by atoms with Crippen LogP contribution in [0.2, 0.25) is 0 Å². The number of phenols is 1. The number of aryl methyl sites for hydroxylation is 2. The number of hydrogen-bond acceptors (Lipinski definition) is 3. The average Bonchev–Trinajstić information content (AvgIpc) is 2.43. The summed E-state index contributed by atoms with van der Waals surface area (Å²) in [7, 11) is 0. The first-order chi connectivity index (χ1) is 9.36. The molecule has 0 fully saturated rings. The van der Waals surface area contributed by atoms with E-state index in [2.05, 4.69) is 47.8 Å². The number of benzene rings is 1. The molecule has 108 valence electrons. The maximum atomic E-state index is 11.7. The van der Waals surface area contributed by atoms with Gasteiger partial charge in [0.2, 0.25) is 0 Å². The van der Waals surface area contributed by atoms with E-state index in [9.17, 15) is 9.90 Å². The Balaban J connectivity index is 2.76. The third-order valence-corrected chi connectivity index (χ3v) is 6.50. The SMILES string of the molecule is Cc1c(Br)c(=O)oc2c(C)c(O)c(CC(Br)CBr)cc12. The van der Waals surface area contributed by atoms with Crippen LogP contribution in [0.15, 0.2) is 19.8 Å². The van der Waals surface area contributed by atoms with Crippen LogP contribution in [0.25, 0.3) is 11.0 Å². The minimum Gasteiger partial charge on any atom is -0.507 e. The van der Waals surface area contributed by atoms with Gasteiger partial charge in [0, 0.05) is 21.1 Å². The molecule has 1 heterocycles. The zero-order valence-electron chi connectivity index (χ0n) is 11.0. The zero-order chi connectivity index (χ0) is 15.0. The average molecular weight is 469 g/mol. The van der Waals surface area contributed by atoms with E-state index in [-0.39, 0.29) is 10.6 Å². The quantitative estimate of drug-likeness (QED) is 0.530. The van der Waals surface area contributed by atoms with Gasteiger partial charge in [-0.15, -0.1) is 0 Å². The van der Waals surface area contributed by atoms with Gasteiger partial charge in [0.05, 0.1) is 0 Å². The molecule has 0 amide bonds. The van der Waals surface area contributed by atoms with E-state index in [1.54, 1.807) is 6.92 Å². The fourth-order valence-electron chi connectivity index (χ4n) is 2.13. The van der Waals surface area contributed by atoms with Gasteiger partial charge in [-0.05, 0) is 53.4 Å². The van der Waals surface area contributed by atoms with Crippen molar-refractivity contribution in [3.8, 4) is 5.75 Å². The van der Waals surface area contributed by atoms with E-state index in [0.29, 0.717) is 22.0 Å². The van der Waals surface area contributed by atoms with Gasteiger partial charge in [0.1, 0.15) is 15.8 Å². The van der Waals surface area contributed by atoms with Crippen LogP contribution in [-0.2, 0) is 6.42 Å². The van der Waals surface area contributed by atoms with Crippen LogP contribution in [0.1, 0.15) is 16.7 Å². The summed E-state index contributed by atoms with van der Waals surface area (Å²) in [5, 5.41) is 11.9. The lowest BCUT2D eigenvalue weighted by atomic mass is 10.00. The van der Waals surface area contributed by atoms with Crippen molar-refractivity contribution in [2.75, 3.05) is 5.33 Å². The van der Waals surface area contributed by atoms with Crippen molar-refractivity contribution in [3.63, 3.8) is 0 Å². The minimum absolute atomic E-state index is 0.188. The number of alkyl halides is 2. The highest BCUT2D eigenvalue weighted by atomic mass is 79.9. The Hall–Kier alpha value is -0.330. The lowest BCUT2D eigenvalue weighted by molar-refractivity contribution is 0.461. The number of rotatable bonds is 3. The summed E-state index contributed by atoms with van der Waals surface area (Å²) in [4.78, 5) is 11.9. The molecule has 0 spiro atoms. The van der Waals surface area contributed by atoms with Gasteiger partial charge < -0.3 is 9.52 Å². The molecule has 2 rings (SSSR count). The summed E-state index contributed by atoms with van der Waals surface area (Å²) in [5.41, 5.74) is 2.27. The third-order valence-electron chi connectivity index (χ3n) is 3.28. The normalized spacial score (nSPS) is 12.8. The second-order valence-electron chi connectivity index (χ2n) is 4.67.